The maximum absolute atomic E-state index is 17.0. The predicted molar refractivity (Wildman–Crippen MR) is 259 cm³/mol. The quantitative estimate of drug-likeness (QED) is 0.124. The summed E-state index contributed by atoms with van der Waals surface area (Å²) in [6.45, 7) is 9.91. The highest BCUT2D eigenvalue weighted by Crippen LogP contribution is 2.43. The smallest absolute Gasteiger partial charge is 0.319 e. The molecule has 12 rings (SSSR count). The number of nitrogens with one attached hydrogen (secondary N) is 2. The van der Waals surface area contributed by atoms with Crippen LogP contribution in [0.5, 0.6) is 11.8 Å². The molecule has 70 heavy (non-hydrogen) atoms. The molecular formula is C53H56F2N10O5. The molecule has 5 aromatic rings. The van der Waals surface area contributed by atoms with E-state index in [4.69, 9.17) is 16.1 Å². The number of aromatic nitrogens is 3. The lowest BCUT2D eigenvalue weighted by molar-refractivity contribution is -0.136. The third-order valence-corrected chi connectivity index (χ3v) is 16.3. The van der Waals surface area contributed by atoms with Crippen LogP contribution in [-0.2, 0) is 16.1 Å². The number of aromatic hydroxyl groups is 1. The number of carbonyl (C=O) groups excluding carboxylic acids is 3. The zero-order valence-electron chi connectivity index (χ0n) is 39.1. The van der Waals surface area contributed by atoms with Crippen LogP contribution in [0.3, 0.4) is 0 Å². The highest BCUT2D eigenvalue weighted by molar-refractivity contribution is 6.06. The van der Waals surface area contributed by atoms with Gasteiger partial charge >= 0.3 is 6.01 Å². The van der Waals surface area contributed by atoms with Crippen molar-refractivity contribution < 1.29 is 33.0 Å². The number of benzene rings is 3. The summed E-state index contributed by atoms with van der Waals surface area (Å²) in [6.07, 6.45) is 14.4. The first-order valence-electron chi connectivity index (χ1n) is 24.9. The van der Waals surface area contributed by atoms with Gasteiger partial charge in [0.2, 0.25) is 11.8 Å². The number of rotatable bonds is 10. The van der Waals surface area contributed by atoms with E-state index in [2.05, 4.69) is 52.2 Å². The molecule has 3 unspecified atom stereocenters. The number of fused-ring (bicyclic) bond motifs is 5. The highest BCUT2D eigenvalue weighted by Gasteiger charge is 2.46. The first-order valence-corrected chi connectivity index (χ1v) is 24.9. The Bertz CT molecular complexity index is 2980. The lowest BCUT2D eigenvalue weighted by Gasteiger charge is -2.55. The molecule has 6 fully saturated rings. The molecule has 3 amide bonds. The first-order chi connectivity index (χ1) is 34.0. The fourth-order valence-corrected chi connectivity index (χ4v) is 12.7. The van der Waals surface area contributed by atoms with Crippen molar-refractivity contribution in [3.8, 4) is 35.4 Å². The van der Waals surface area contributed by atoms with Crippen molar-refractivity contribution in [2.75, 3.05) is 81.9 Å². The molecule has 7 aliphatic rings. The van der Waals surface area contributed by atoms with Crippen LogP contribution in [0.15, 0.2) is 48.7 Å². The molecule has 2 aromatic heterocycles. The topological polar surface area (TPSA) is 160 Å². The minimum atomic E-state index is -0.736. The van der Waals surface area contributed by atoms with Gasteiger partial charge in [0.05, 0.1) is 10.9 Å². The molecule has 3 atom stereocenters. The normalized spacial score (nSPS) is 23.8. The van der Waals surface area contributed by atoms with Crippen LogP contribution in [0.1, 0.15) is 72.9 Å². The summed E-state index contributed by atoms with van der Waals surface area (Å²) in [6, 6.07) is 11.5. The maximum atomic E-state index is 17.0. The van der Waals surface area contributed by atoms with E-state index in [9.17, 15) is 19.5 Å². The molecule has 2 bridgehead atoms. The summed E-state index contributed by atoms with van der Waals surface area (Å²) in [5, 5.41) is 17.9. The number of piperazine rings is 1. The predicted octanol–water partition coefficient (Wildman–Crippen LogP) is 5.20. The number of hydrogen-bond donors (Lipinski definition) is 3. The number of carbonyl (C=O) groups is 3. The Balaban J connectivity index is 0.664. The van der Waals surface area contributed by atoms with Crippen LogP contribution in [0.4, 0.5) is 20.3 Å². The molecule has 0 saturated carbocycles. The number of phenolic OH excluding ortho intramolecular Hbond substituents is 1. The first kappa shape index (κ1) is 44.7. The van der Waals surface area contributed by atoms with E-state index in [0.29, 0.717) is 84.8 Å². The number of amides is 3. The second-order valence-electron chi connectivity index (χ2n) is 20.7. The van der Waals surface area contributed by atoms with Crippen LogP contribution < -0.4 is 25.2 Å². The second-order valence-corrected chi connectivity index (χ2v) is 20.7. The fourth-order valence-electron chi connectivity index (χ4n) is 12.7. The van der Waals surface area contributed by atoms with Gasteiger partial charge in [0.1, 0.15) is 41.2 Å². The van der Waals surface area contributed by atoms with E-state index in [1.54, 1.807) is 11.1 Å². The summed E-state index contributed by atoms with van der Waals surface area (Å²) < 4.78 is 38.3. The molecule has 362 valence electrons. The van der Waals surface area contributed by atoms with Crippen molar-refractivity contribution in [3.63, 3.8) is 0 Å². The summed E-state index contributed by atoms with van der Waals surface area (Å²) >= 11 is 0. The largest absolute Gasteiger partial charge is 0.508 e. The number of pyridine rings is 1. The van der Waals surface area contributed by atoms with Crippen LogP contribution >= 0.6 is 0 Å². The zero-order valence-corrected chi connectivity index (χ0v) is 39.1. The lowest BCUT2D eigenvalue weighted by Crippen LogP contribution is -2.61. The standard InChI is InChI=1S/C53H56F2N10O5/c1-2-36-41(54)9-6-32-22-35(66)23-38(45(32)36)47-46(55)48-39(24-56-47)49(64-26-33-7-8-34(27-64)57-33)60-52(59-48)70-21-20-61-18-14-53(15-19-61)29-62(30-53)25-31-12-16-63(17-13-31)42-5-3-4-37-40(42)28-65(51(37)69)43-10-11-44(67)58-50(43)68/h1,3-6,9,22-24,31,33-34,43,57,66H,7-8,10-21,25-30H2,(H,58,67,68). The van der Waals surface area contributed by atoms with Gasteiger partial charge in [-0.15, -0.1) is 6.42 Å². The summed E-state index contributed by atoms with van der Waals surface area (Å²) in [5.74, 6) is 1.27. The number of phenols is 1. The van der Waals surface area contributed by atoms with Gasteiger partial charge in [-0.25, -0.2) is 8.78 Å². The number of imide groups is 1. The van der Waals surface area contributed by atoms with Crippen molar-refractivity contribution in [2.24, 2.45) is 11.3 Å². The Morgan fingerprint density at radius 3 is 2.44 bits per heavy atom. The van der Waals surface area contributed by atoms with E-state index in [1.807, 2.05) is 12.1 Å². The Kier molecular flexibility index (Phi) is 11.3. The molecule has 1 spiro atoms. The van der Waals surface area contributed by atoms with Gasteiger partial charge < -0.3 is 34.8 Å². The number of ether oxygens (including phenoxy) is 1. The summed E-state index contributed by atoms with van der Waals surface area (Å²) in [7, 11) is 0. The lowest BCUT2D eigenvalue weighted by atomic mass is 9.71. The van der Waals surface area contributed by atoms with Crippen LogP contribution in [0, 0.1) is 35.3 Å². The number of piperidine rings is 3. The average Bonchev–Trinajstić information content (AvgIpc) is 3.87. The molecule has 3 aromatic carbocycles. The van der Waals surface area contributed by atoms with Crippen molar-refractivity contribution >= 4 is 50.9 Å². The van der Waals surface area contributed by atoms with E-state index >= 15 is 8.78 Å². The monoisotopic (exact) mass is 950 g/mol. The molecule has 0 radical (unpaired) electrons. The Hall–Kier alpha value is -6.48. The number of terminal acetylenes is 1. The Morgan fingerprint density at radius 2 is 1.69 bits per heavy atom. The summed E-state index contributed by atoms with van der Waals surface area (Å²) in [5.41, 5.74) is 3.10. The Morgan fingerprint density at radius 1 is 0.900 bits per heavy atom. The minimum absolute atomic E-state index is 0.0307. The number of likely N-dealkylation sites (tertiary alicyclic amines) is 2. The van der Waals surface area contributed by atoms with Gasteiger partial charge in [-0.1, -0.05) is 18.1 Å². The summed E-state index contributed by atoms with van der Waals surface area (Å²) in [4.78, 5) is 63.2. The maximum Gasteiger partial charge on any atom is 0.319 e. The average molecular weight is 951 g/mol. The molecule has 15 nitrogen and oxygen atoms in total. The number of anilines is 2. The number of nitrogens with zero attached hydrogens (tertiary/aromatic N) is 8. The third kappa shape index (κ3) is 8.03. The van der Waals surface area contributed by atoms with Gasteiger partial charge in [-0.05, 0) is 105 Å². The second kappa shape index (κ2) is 17.7. The SMILES string of the molecule is C#Cc1c(F)ccc2cc(O)cc(-c3ncc4c(N5CC6CCC(C5)N6)nc(OCCN5CCC6(CC5)CN(CC5CCN(c7cccc8c7CN(C7CCC(=O)NC7=O)C8=O)CC5)C6)nc4c3F)c12. The molecular weight excluding hydrogens is 895 g/mol. The fraction of sp³-hybridized carbons (Fsp3) is 0.472. The molecule has 17 heteroatoms. The molecule has 9 heterocycles. The van der Waals surface area contributed by atoms with Crippen molar-refractivity contribution in [1.29, 1.82) is 0 Å². The molecule has 7 aliphatic heterocycles. The Labute approximate surface area is 404 Å². The number of halogens is 2. The van der Waals surface area contributed by atoms with Crippen molar-refractivity contribution in [3.05, 3.63) is 77.0 Å². The third-order valence-electron chi connectivity index (χ3n) is 16.3. The van der Waals surface area contributed by atoms with Gasteiger partial charge in [-0.2, -0.15) is 9.97 Å². The van der Waals surface area contributed by atoms with Crippen molar-refractivity contribution in [2.45, 2.75) is 76.0 Å². The van der Waals surface area contributed by atoms with E-state index in [1.165, 1.54) is 24.3 Å². The van der Waals surface area contributed by atoms with E-state index in [-0.39, 0.29) is 63.6 Å². The van der Waals surface area contributed by atoms with E-state index in [0.717, 1.165) is 95.6 Å². The highest BCUT2D eigenvalue weighted by atomic mass is 19.1. The van der Waals surface area contributed by atoms with Gasteiger partial charge in [0.25, 0.3) is 5.91 Å². The van der Waals surface area contributed by atoms with Gasteiger partial charge in [-0.3, -0.25) is 29.6 Å². The molecule has 3 N–H and O–H groups in total. The van der Waals surface area contributed by atoms with Crippen LogP contribution in [0.2, 0.25) is 0 Å². The zero-order chi connectivity index (χ0) is 47.8. The van der Waals surface area contributed by atoms with Crippen molar-refractivity contribution in [1.82, 2.24) is 40.3 Å². The van der Waals surface area contributed by atoms with E-state index < -0.39 is 17.7 Å². The van der Waals surface area contributed by atoms with Crippen LogP contribution in [0.25, 0.3) is 32.9 Å². The minimum Gasteiger partial charge on any atom is -0.508 e. The van der Waals surface area contributed by atoms with Gasteiger partial charge in [0, 0.05) is 111 Å². The molecule has 0 aliphatic carbocycles. The van der Waals surface area contributed by atoms with Crippen LogP contribution in [-0.4, -0.2) is 143 Å². The van der Waals surface area contributed by atoms with Gasteiger partial charge in [0.15, 0.2) is 5.82 Å². The number of hydrogen-bond acceptors (Lipinski definition) is 13. The molecule has 6 saturated heterocycles.